The third kappa shape index (κ3) is 10.7. The molecule has 2 N–H and O–H groups in total. The van der Waals surface area contributed by atoms with Crippen LogP contribution in [-0.4, -0.2) is 96.7 Å². The highest BCUT2D eigenvalue weighted by molar-refractivity contribution is 6.29. The number of rotatable bonds is 4. The number of ether oxygens (including phenoxy) is 1. The van der Waals surface area contributed by atoms with E-state index in [-0.39, 0.29) is 5.60 Å². The van der Waals surface area contributed by atoms with Crippen LogP contribution in [0.25, 0.3) is 0 Å². The number of nitrogens with one attached hydrogen (secondary N) is 1. The average Bonchev–Trinajstić information content (AvgIpc) is 3.55. The van der Waals surface area contributed by atoms with Gasteiger partial charge in [0.1, 0.15) is 10.3 Å². The molecule has 0 aromatic carbocycles. The molecular weight excluding hydrogens is 499 g/mol. The topological polar surface area (TPSA) is 80.3 Å². The van der Waals surface area contributed by atoms with E-state index in [9.17, 15) is 5.11 Å². The number of hydrogen-bond donors (Lipinski definition) is 2. The zero-order chi connectivity index (χ0) is 26.2. The normalized spacial score (nSPS) is 19.5. The van der Waals surface area contributed by atoms with Gasteiger partial charge < -0.3 is 25.0 Å². The Bertz CT molecular complexity index is 902. The molecule has 200 valence electrons. The molecule has 0 unspecified atom stereocenters. The largest absolute Gasteiger partial charge is 0.389 e. The Morgan fingerprint density at radius 1 is 0.889 bits per heavy atom. The molecule has 36 heavy (non-hydrogen) atoms. The molecule has 0 amide bonds. The van der Waals surface area contributed by atoms with E-state index < -0.39 is 5.60 Å². The second kappa shape index (κ2) is 13.2. The first-order valence-electron chi connectivity index (χ1n) is 12.5. The summed E-state index contributed by atoms with van der Waals surface area (Å²) in [5, 5.41) is 14.2. The molecule has 0 bridgehead atoms. The van der Waals surface area contributed by atoms with Gasteiger partial charge in [0, 0.05) is 58.9 Å². The van der Waals surface area contributed by atoms with Gasteiger partial charge in [-0.2, -0.15) is 0 Å². The minimum absolute atomic E-state index is 0.250. The van der Waals surface area contributed by atoms with Crippen LogP contribution in [0.15, 0.2) is 36.7 Å². The fourth-order valence-corrected chi connectivity index (χ4v) is 4.11. The zero-order valence-electron chi connectivity index (χ0n) is 21.9. The lowest BCUT2D eigenvalue weighted by atomic mass is 10.1. The summed E-state index contributed by atoms with van der Waals surface area (Å²) in [5.41, 5.74) is 1.90. The number of pyridine rings is 2. The second-order valence-electron chi connectivity index (χ2n) is 10.5. The van der Waals surface area contributed by atoms with Gasteiger partial charge in [-0.1, -0.05) is 23.2 Å². The van der Waals surface area contributed by atoms with E-state index in [1.807, 2.05) is 50.5 Å². The first-order valence-corrected chi connectivity index (χ1v) is 13.3. The van der Waals surface area contributed by atoms with E-state index in [1.54, 1.807) is 0 Å². The van der Waals surface area contributed by atoms with Crippen molar-refractivity contribution in [2.75, 3.05) is 75.3 Å². The van der Waals surface area contributed by atoms with Crippen molar-refractivity contribution in [3.8, 4) is 0 Å². The van der Waals surface area contributed by atoms with Crippen molar-refractivity contribution in [1.82, 2.24) is 20.2 Å². The molecule has 0 spiro atoms. The van der Waals surface area contributed by atoms with Gasteiger partial charge in [0.05, 0.1) is 41.6 Å². The fourth-order valence-electron chi connectivity index (χ4n) is 3.89. The zero-order valence-corrected chi connectivity index (χ0v) is 23.4. The van der Waals surface area contributed by atoms with Crippen LogP contribution in [0.2, 0.25) is 10.3 Å². The highest BCUT2D eigenvalue weighted by atomic mass is 35.5. The molecule has 3 saturated heterocycles. The monoisotopic (exact) mass is 538 g/mol. The van der Waals surface area contributed by atoms with E-state index in [0.717, 1.165) is 76.9 Å². The Morgan fingerprint density at radius 2 is 1.33 bits per heavy atom. The Balaban J connectivity index is 0.000000173. The van der Waals surface area contributed by atoms with E-state index in [2.05, 4.69) is 43.8 Å². The van der Waals surface area contributed by atoms with E-state index >= 15 is 0 Å². The van der Waals surface area contributed by atoms with Gasteiger partial charge in [-0.05, 0) is 52.0 Å². The number of epoxide rings is 1. The van der Waals surface area contributed by atoms with Crippen molar-refractivity contribution in [3.05, 3.63) is 47.0 Å². The van der Waals surface area contributed by atoms with Crippen LogP contribution in [0.5, 0.6) is 0 Å². The van der Waals surface area contributed by atoms with Gasteiger partial charge >= 0.3 is 0 Å². The summed E-state index contributed by atoms with van der Waals surface area (Å²) < 4.78 is 4.90. The number of nitrogens with zero attached hydrogens (tertiary/aromatic N) is 5. The maximum atomic E-state index is 9.80. The van der Waals surface area contributed by atoms with Crippen LogP contribution in [0.3, 0.4) is 0 Å². The highest BCUT2D eigenvalue weighted by Crippen LogP contribution is 2.23. The van der Waals surface area contributed by atoms with Gasteiger partial charge in [0.2, 0.25) is 0 Å². The molecule has 3 aliphatic heterocycles. The van der Waals surface area contributed by atoms with Crippen LogP contribution in [0, 0.1) is 0 Å². The number of β-amino-alcohol motifs (C(OH)–C–C–N with tert-alkyl or cyclic N) is 1. The molecule has 2 aromatic rings. The van der Waals surface area contributed by atoms with Crippen molar-refractivity contribution in [1.29, 1.82) is 0 Å². The van der Waals surface area contributed by atoms with E-state index in [4.69, 9.17) is 27.9 Å². The van der Waals surface area contributed by atoms with Crippen LogP contribution < -0.4 is 15.1 Å². The maximum Gasteiger partial charge on any atom is 0.129 e. The number of piperazine rings is 2. The summed E-state index contributed by atoms with van der Waals surface area (Å²) in [6, 6.07) is 7.67. The molecule has 8 nitrogen and oxygen atoms in total. The molecule has 0 atom stereocenters. The predicted octanol–water partition coefficient (Wildman–Crippen LogP) is 3.57. The Morgan fingerprint density at radius 3 is 1.69 bits per heavy atom. The number of aliphatic hydroxyl groups is 1. The summed E-state index contributed by atoms with van der Waals surface area (Å²) in [4.78, 5) is 15.1. The van der Waals surface area contributed by atoms with Crippen molar-refractivity contribution >= 4 is 34.6 Å². The minimum atomic E-state index is -0.621. The van der Waals surface area contributed by atoms with Crippen LogP contribution >= 0.6 is 23.2 Å². The molecule has 3 aliphatic rings. The molecule has 10 heteroatoms. The van der Waals surface area contributed by atoms with Gasteiger partial charge in [0.15, 0.2) is 0 Å². The second-order valence-corrected chi connectivity index (χ2v) is 11.3. The molecule has 3 fully saturated rings. The summed E-state index contributed by atoms with van der Waals surface area (Å²) >= 11 is 11.5. The lowest BCUT2D eigenvalue weighted by Crippen LogP contribution is -2.50. The average molecular weight is 540 g/mol. The minimum Gasteiger partial charge on any atom is -0.389 e. The highest BCUT2D eigenvalue weighted by Gasteiger charge is 2.32. The lowest BCUT2D eigenvalue weighted by molar-refractivity contribution is 0.0345. The number of anilines is 2. The van der Waals surface area contributed by atoms with Gasteiger partial charge in [-0.3, -0.25) is 4.90 Å². The molecule has 0 aliphatic carbocycles. The van der Waals surface area contributed by atoms with Crippen LogP contribution in [-0.2, 0) is 4.74 Å². The third-order valence-electron chi connectivity index (χ3n) is 5.98. The summed E-state index contributed by atoms with van der Waals surface area (Å²) in [7, 11) is 0. The standard InChI is InChI=1S/C13H20ClN3O.C9H12ClN3.C4H8O/c1-13(2,18)10-16-5-7-17(8-6-16)11-3-4-12(14)15-9-11;10-9-2-1-8(7-12-9)13-5-3-11-4-6-13;1-4(2)3-5-4/h3-4,9,18H,5-8,10H2,1-2H3;1-2,7,11H,3-6H2;3H2,1-2H3. The lowest BCUT2D eigenvalue weighted by Gasteiger charge is -2.38. The smallest absolute Gasteiger partial charge is 0.129 e. The molecule has 5 heterocycles. The molecular formula is C26H40Cl2N6O2. The van der Waals surface area contributed by atoms with Crippen molar-refractivity contribution < 1.29 is 9.84 Å². The quantitative estimate of drug-likeness (QED) is 0.451. The van der Waals surface area contributed by atoms with Gasteiger partial charge in [-0.25, -0.2) is 9.97 Å². The van der Waals surface area contributed by atoms with Crippen molar-refractivity contribution in [2.24, 2.45) is 0 Å². The summed E-state index contributed by atoms with van der Waals surface area (Å²) in [5.74, 6) is 0. The van der Waals surface area contributed by atoms with Gasteiger partial charge in [-0.15, -0.1) is 0 Å². The Labute approximate surface area is 225 Å². The molecule has 0 radical (unpaired) electrons. The fraction of sp³-hybridized carbons (Fsp3) is 0.615. The Hall–Kier alpha value is -1.68. The van der Waals surface area contributed by atoms with Crippen LogP contribution in [0.4, 0.5) is 11.4 Å². The molecule has 5 rings (SSSR count). The van der Waals surface area contributed by atoms with Crippen LogP contribution in [0.1, 0.15) is 27.7 Å². The molecule has 2 aromatic heterocycles. The number of hydrogen-bond acceptors (Lipinski definition) is 8. The first kappa shape index (κ1) is 28.9. The van der Waals surface area contributed by atoms with Gasteiger partial charge in [0.25, 0.3) is 0 Å². The maximum absolute atomic E-state index is 9.80. The van der Waals surface area contributed by atoms with Crippen molar-refractivity contribution in [3.63, 3.8) is 0 Å². The predicted molar refractivity (Wildman–Crippen MR) is 149 cm³/mol. The number of halogens is 2. The van der Waals surface area contributed by atoms with E-state index in [0.29, 0.717) is 10.3 Å². The van der Waals surface area contributed by atoms with Crippen molar-refractivity contribution in [2.45, 2.75) is 38.9 Å². The SMILES string of the molecule is CC(C)(O)CN1CCN(c2ccc(Cl)nc2)CC1.CC1(C)CO1.Clc1ccc(N2CCNCC2)cn1. The summed E-state index contributed by atoms with van der Waals surface area (Å²) in [6.07, 6.45) is 3.64. The van der Waals surface area contributed by atoms with E-state index in [1.165, 1.54) is 0 Å². The number of aromatic nitrogens is 2. The Kier molecular flexibility index (Phi) is 10.6. The molecule has 0 saturated carbocycles. The first-order chi connectivity index (χ1) is 17.0. The summed E-state index contributed by atoms with van der Waals surface area (Å²) in [6.45, 7) is 17.5. The third-order valence-corrected chi connectivity index (χ3v) is 6.42.